The molecule has 0 fully saturated rings. The summed E-state index contributed by atoms with van der Waals surface area (Å²) in [5.74, 6) is 1.67. The zero-order valence-electron chi connectivity index (χ0n) is 14.6. The molecule has 0 saturated heterocycles. The van der Waals surface area contributed by atoms with Crippen LogP contribution in [0.25, 0.3) is 22.6 Å². The van der Waals surface area contributed by atoms with Gasteiger partial charge in [-0.05, 0) is 32.3 Å². The molecule has 6 heteroatoms. The second kappa shape index (κ2) is 8.87. The molecule has 0 bridgehead atoms. The molecule has 0 radical (unpaired) electrons. The Hall–Kier alpha value is -1.59. The van der Waals surface area contributed by atoms with E-state index in [1.807, 2.05) is 48.5 Å². The van der Waals surface area contributed by atoms with Crippen LogP contribution in [0.1, 0.15) is 0 Å². The van der Waals surface area contributed by atoms with Crippen LogP contribution >= 0.6 is 35.0 Å². The molecular weight excluding hydrogens is 385 g/mol. The van der Waals surface area contributed by atoms with Crippen molar-refractivity contribution in [1.82, 2.24) is 14.9 Å². The first-order chi connectivity index (χ1) is 12.5. The number of aromatic nitrogens is 2. The van der Waals surface area contributed by atoms with E-state index in [-0.39, 0.29) is 0 Å². The van der Waals surface area contributed by atoms with E-state index in [1.54, 1.807) is 17.8 Å². The van der Waals surface area contributed by atoms with Crippen LogP contribution in [-0.4, -0.2) is 41.3 Å². The molecule has 3 rings (SSSR count). The van der Waals surface area contributed by atoms with Crippen LogP contribution in [0.15, 0.2) is 59.6 Å². The molecule has 2 aromatic carbocycles. The average molecular weight is 404 g/mol. The molecule has 0 spiro atoms. The van der Waals surface area contributed by atoms with Crippen molar-refractivity contribution in [3.05, 3.63) is 64.6 Å². The third-order valence-corrected chi connectivity index (χ3v) is 5.37. The van der Waals surface area contributed by atoms with E-state index in [9.17, 15) is 0 Å². The highest BCUT2D eigenvalue weighted by Crippen LogP contribution is 2.30. The Morgan fingerprint density at radius 3 is 2.35 bits per heavy atom. The Morgan fingerprint density at radius 2 is 1.65 bits per heavy atom. The smallest absolute Gasteiger partial charge is 0.161 e. The van der Waals surface area contributed by atoms with E-state index >= 15 is 0 Å². The number of benzene rings is 2. The maximum Gasteiger partial charge on any atom is 0.161 e. The van der Waals surface area contributed by atoms with Gasteiger partial charge in [0.25, 0.3) is 0 Å². The first-order valence-corrected chi connectivity index (χ1v) is 9.94. The van der Waals surface area contributed by atoms with Gasteiger partial charge in [0, 0.05) is 23.4 Å². The Balaban J connectivity index is 2.00. The summed E-state index contributed by atoms with van der Waals surface area (Å²) in [4.78, 5) is 11.7. The number of rotatable bonds is 6. The lowest BCUT2D eigenvalue weighted by atomic mass is 10.1. The van der Waals surface area contributed by atoms with Gasteiger partial charge in [0.1, 0.15) is 5.03 Å². The second-order valence-electron chi connectivity index (χ2n) is 6.06. The maximum absolute atomic E-state index is 6.19. The number of nitrogens with zero attached hydrogens (tertiary/aromatic N) is 3. The lowest BCUT2D eigenvalue weighted by Gasteiger charge is -2.11. The summed E-state index contributed by atoms with van der Waals surface area (Å²) >= 11 is 14.0. The van der Waals surface area contributed by atoms with Gasteiger partial charge in [-0.25, -0.2) is 9.97 Å². The quantitative estimate of drug-likeness (QED) is 0.385. The SMILES string of the molecule is CN(C)CCSc1cc(-c2ccc(Cl)c(Cl)c2)nc(-c2ccccc2)n1. The highest BCUT2D eigenvalue weighted by Gasteiger charge is 2.10. The molecule has 3 nitrogen and oxygen atoms in total. The standard InChI is InChI=1S/C20H19Cl2N3S/c1-25(2)10-11-26-19-13-18(15-8-9-16(21)17(22)12-15)23-20(24-19)14-6-4-3-5-7-14/h3-9,12-13H,10-11H2,1-2H3. The van der Waals surface area contributed by atoms with Gasteiger partial charge in [-0.2, -0.15) is 0 Å². The number of halogens is 2. The van der Waals surface area contributed by atoms with Crippen LogP contribution in [0.3, 0.4) is 0 Å². The Morgan fingerprint density at radius 1 is 0.885 bits per heavy atom. The van der Waals surface area contributed by atoms with E-state index in [4.69, 9.17) is 33.2 Å². The number of hydrogen-bond acceptors (Lipinski definition) is 4. The van der Waals surface area contributed by atoms with Gasteiger partial charge in [0.2, 0.25) is 0 Å². The lowest BCUT2D eigenvalue weighted by Crippen LogP contribution is -2.14. The van der Waals surface area contributed by atoms with Gasteiger partial charge in [0.05, 0.1) is 15.7 Å². The van der Waals surface area contributed by atoms with Crippen molar-refractivity contribution in [3.8, 4) is 22.6 Å². The molecule has 0 saturated carbocycles. The van der Waals surface area contributed by atoms with Crippen molar-refractivity contribution in [2.75, 3.05) is 26.4 Å². The summed E-state index contributed by atoms with van der Waals surface area (Å²) in [5, 5.41) is 2.00. The first kappa shape index (κ1) is 19.2. The van der Waals surface area contributed by atoms with Crippen molar-refractivity contribution >= 4 is 35.0 Å². The summed E-state index contributed by atoms with van der Waals surface area (Å²) in [5.41, 5.74) is 2.75. The van der Waals surface area contributed by atoms with E-state index < -0.39 is 0 Å². The normalized spacial score (nSPS) is 11.1. The predicted octanol–water partition coefficient (Wildman–Crippen LogP) is 5.77. The van der Waals surface area contributed by atoms with Gasteiger partial charge in [-0.15, -0.1) is 11.8 Å². The van der Waals surface area contributed by atoms with Crippen molar-refractivity contribution < 1.29 is 0 Å². The van der Waals surface area contributed by atoms with E-state index in [1.165, 1.54) is 0 Å². The monoisotopic (exact) mass is 403 g/mol. The van der Waals surface area contributed by atoms with Crippen LogP contribution in [0, 0.1) is 0 Å². The molecule has 0 aliphatic rings. The summed E-state index contributed by atoms with van der Waals surface area (Å²) in [6.45, 7) is 0.984. The van der Waals surface area contributed by atoms with Crippen LogP contribution < -0.4 is 0 Å². The van der Waals surface area contributed by atoms with Crippen LogP contribution in [0.4, 0.5) is 0 Å². The molecule has 3 aromatic rings. The highest BCUT2D eigenvalue weighted by atomic mass is 35.5. The molecule has 0 aliphatic carbocycles. The lowest BCUT2D eigenvalue weighted by molar-refractivity contribution is 0.437. The van der Waals surface area contributed by atoms with E-state index in [0.717, 1.165) is 34.1 Å². The summed E-state index contributed by atoms with van der Waals surface area (Å²) in [6.07, 6.45) is 0. The van der Waals surface area contributed by atoms with Crippen LogP contribution in [0.5, 0.6) is 0 Å². The third kappa shape index (κ3) is 4.98. The third-order valence-electron chi connectivity index (χ3n) is 3.74. The van der Waals surface area contributed by atoms with Crippen molar-refractivity contribution in [2.24, 2.45) is 0 Å². The van der Waals surface area contributed by atoms with Crippen LogP contribution in [0.2, 0.25) is 10.0 Å². The summed E-state index contributed by atoms with van der Waals surface area (Å²) in [6, 6.07) is 17.6. The van der Waals surface area contributed by atoms with Crippen LogP contribution in [-0.2, 0) is 0 Å². The minimum absolute atomic E-state index is 0.519. The molecule has 26 heavy (non-hydrogen) atoms. The van der Waals surface area contributed by atoms with E-state index in [0.29, 0.717) is 15.9 Å². The van der Waals surface area contributed by atoms with Gasteiger partial charge in [0.15, 0.2) is 5.82 Å². The zero-order chi connectivity index (χ0) is 18.5. The molecule has 0 amide bonds. The molecular formula is C20H19Cl2N3S. The fourth-order valence-corrected chi connectivity index (χ4v) is 3.66. The molecule has 0 unspecified atom stereocenters. The fourth-order valence-electron chi connectivity index (χ4n) is 2.35. The minimum Gasteiger partial charge on any atom is -0.309 e. The molecule has 0 atom stereocenters. The minimum atomic E-state index is 0.519. The van der Waals surface area contributed by atoms with Gasteiger partial charge < -0.3 is 4.90 Å². The summed E-state index contributed by atoms with van der Waals surface area (Å²) < 4.78 is 0. The Labute approximate surface area is 168 Å². The maximum atomic E-state index is 6.19. The molecule has 1 heterocycles. The van der Waals surface area contributed by atoms with E-state index in [2.05, 4.69) is 19.0 Å². The first-order valence-electron chi connectivity index (χ1n) is 8.20. The second-order valence-corrected chi connectivity index (χ2v) is 7.99. The number of thioether (sulfide) groups is 1. The number of hydrogen-bond donors (Lipinski definition) is 0. The molecule has 134 valence electrons. The largest absolute Gasteiger partial charge is 0.309 e. The molecule has 0 N–H and O–H groups in total. The molecule has 1 aromatic heterocycles. The topological polar surface area (TPSA) is 29.0 Å². The van der Waals surface area contributed by atoms with Crippen molar-refractivity contribution in [2.45, 2.75) is 5.03 Å². The fraction of sp³-hybridized carbons (Fsp3) is 0.200. The zero-order valence-corrected chi connectivity index (χ0v) is 16.9. The predicted molar refractivity (Wildman–Crippen MR) is 112 cm³/mol. The summed E-state index contributed by atoms with van der Waals surface area (Å²) in [7, 11) is 4.13. The van der Waals surface area contributed by atoms with Gasteiger partial charge in [-0.1, -0.05) is 59.6 Å². The van der Waals surface area contributed by atoms with Crippen molar-refractivity contribution in [3.63, 3.8) is 0 Å². The van der Waals surface area contributed by atoms with Crippen molar-refractivity contribution in [1.29, 1.82) is 0 Å². The highest BCUT2D eigenvalue weighted by molar-refractivity contribution is 7.99. The van der Waals surface area contributed by atoms with Gasteiger partial charge >= 0.3 is 0 Å². The Bertz CT molecular complexity index is 885. The average Bonchev–Trinajstić information content (AvgIpc) is 2.64. The van der Waals surface area contributed by atoms with Gasteiger partial charge in [-0.3, -0.25) is 0 Å². The molecule has 0 aliphatic heterocycles. The Kier molecular flexibility index (Phi) is 6.54.